The fourth-order valence-corrected chi connectivity index (χ4v) is 0.918. The Bertz CT molecular complexity index is 312. The van der Waals surface area contributed by atoms with Gasteiger partial charge in [0.1, 0.15) is 0 Å². The maximum atomic E-state index is 11.4. The Kier molecular flexibility index (Phi) is 3.83. The normalized spacial score (nSPS) is 12.2. The van der Waals surface area contributed by atoms with Crippen molar-refractivity contribution in [1.29, 1.82) is 0 Å². The van der Waals surface area contributed by atoms with Crippen molar-refractivity contribution in [3.8, 4) is 0 Å². The van der Waals surface area contributed by atoms with Crippen LogP contribution >= 0.6 is 11.6 Å². The van der Waals surface area contributed by atoms with Gasteiger partial charge in [0.2, 0.25) is 5.91 Å². The third-order valence-corrected chi connectivity index (χ3v) is 2.14. The average molecular weight is 214 g/mol. The van der Waals surface area contributed by atoms with Gasteiger partial charge in [-0.05, 0) is 18.6 Å². The van der Waals surface area contributed by atoms with E-state index in [1.807, 2.05) is 13.8 Å². The first-order valence-corrected chi connectivity index (χ1v) is 4.81. The first-order chi connectivity index (χ1) is 6.63. The van der Waals surface area contributed by atoms with Gasteiger partial charge in [-0.25, -0.2) is 0 Å². The van der Waals surface area contributed by atoms with E-state index < -0.39 is 0 Å². The number of carbonyl (C=O) groups excluding carboxylic acids is 1. The van der Waals surface area contributed by atoms with Crippen molar-refractivity contribution in [2.45, 2.75) is 20.3 Å². The van der Waals surface area contributed by atoms with Gasteiger partial charge in [0, 0.05) is 5.92 Å². The Morgan fingerprint density at radius 1 is 1.57 bits per heavy atom. The average Bonchev–Trinajstić information content (AvgIpc) is 2.20. The molecule has 0 aromatic carbocycles. The largest absolute Gasteiger partial charge is 0.309 e. The van der Waals surface area contributed by atoms with E-state index in [2.05, 4.69) is 15.5 Å². The molecule has 1 unspecified atom stereocenters. The van der Waals surface area contributed by atoms with Crippen molar-refractivity contribution in [2.75, 3.05) is 5.32 Å². The Hall–Kier alpha value is -1.16. The maximum absolute atomic E-state index is 11.4. The van der Waals surface area contributed by atoms with E-state index >= 15 is 0 Å². The van der Waals surface area contributed by atoms with Crippen LogP contribution < -0.4 is 5.32 Å². The van der Waals surface area contributed by atoms with E-state index in [1.54, 1.807) is 12.1 Å². The highest BCUT2D eigenvalue weighted by Crippen LogP contribution is 2.08. The van der Waals surface area contributed by atoms with Crippen LogP contribution in [-0.2, 0) is 4.79 Å². The number of hydrogen-bond acceptors (Lipinski definition) is 3. The lowest BCUT2D eigenvalue weighted by Gasteiger charge is -2.08. The molecule has 0 fully saturated rings. The van der Waals surface area contributed by atoms with Crippen LogP contribution in [0, 0.1) is 5.92 Å². The molecule has 14 heavy (non-hydrogen) atoms. The van der Waals surface area contributed by atoms with Gasteiger partial charge in [-0.3, -0.25) is 4.79 Å². The second-order valence-corrected chi connectivity index (χ2v) is 3.43. The number of anilines is 1. The SMILES string of the molecule is CCC(C)C(=O)Nc1ccc(Cl)nn1. The van der Waals surface area contributed by atoms with E-state index in [0.29, 0.717) is 11.0 Å². The Morgan fingerprint density at radius 3 is 2.79 bits per heavy atom. The molecule has 5 heteroatoms. The molecule has 0 aliphatic rings. The summed E-state index contributed by atoms with van der Waals surface area (Å²) in [5.41, 5.74) is 0. The molecule has 1 N–H and O–H groups in total. The van der Waals surface area contributed by atoms with Gasteiger partial charge in [-0.2, -0.15) is 0 Å². The van der Waals surface area contributed by atoms with Crippen molar-refractivity contribution in [2.24, 2.45) is 5.92 Å². The number of nitrogens with one attached hydrogen (secondary N) is 1. The molecule has 0 saturated heterocycles. The summed E-state index contributed by atoms with van der Waals surface area (Å²) >= 11 is 5.55. The number of rotatable bonds is 3. The molecule has 0 aliphatic carbocycles. The van der Waals surface area contributed by atoms with Gasteiger partial charge in [-0.1, -0.05) is 25.4 Å². The van der Waals surface area contributed by atoms with E-state index in [-0.39, 0.29) is 11.8 Å². The highest BCUT2D eigenvalue weighted by Gasteiger charge is 2.10. The molecule has 76 valence electrons. The van der Waals surface area contributed by atoms with Gasteiger partial charge in [0.05, 0.1) is 0 Å². The molecule has 4 nitrogen and oxygen atoms in total. The molecular formula is C9H12ClN3O. The number of amides is 1. The van der Waals surface area contributed by atoms with E-state index in [4.69, 9.17) is 11.6 Å². The van der Waals surface area contributed by atoms with Gasteiger partial charge in [-0.15, -0.1) is 10.2 Å². The summed E-state index contributed by atoms with van der Waals surface area (Å²) in [6, 6.07) is 3.20. The Morgan fingerprint density at radius 2 is 2.29 bits per heavy atom. The minimum Gasteiger partial charge on any atom is -0.309 e. The Balaban J connectivity index is 2.60. The lowest BCUT2D eigenvalue weighted by atomic mass is 10.1. The van der Waals surface area contributed by atoms with Crippen LogP contribution in [0.2, 0.25) is 5.15 Å². The lowest BCUT2D eigenvalue weighted by Crippen LogP contribution is -2.20. The van der Waals surface area contributed by atoms with Crippen molar-refractivity contribution in [3.05, 3.63) is 17.3 Å². The summed E-state index contributed by atoms with van der Waals surface area (Å²) < 4.78 is 0. The second kappa shape index (κ2) is 4.91. The standard InChI is InChI=1S/C9H12ClN3O/c1-3-6(2)9(14)11-8-5-4-7(10)12-13-8/h4-6H,3H2,1-2H3,(H,11,13,14). The topological polar surface area (TPSA) is 54.9 Å². The summed E-state index contributed by atoms with van der Waals surface area (Å²) in [6.45, 7) is 3.82. The quantitative estimate of drug-likeness (QED) is 0.837. The van der Waals surface area contributed by atoms with E-state index in [0.717, 1.165) is 6.42 Å². The zero-order chi connectivity index (χ0) is 10.6. The van der Waals surface area contributed by atoms with Crippen molar-refractivity contribution in [1.82, 2.24) is 10.2 Å². The van der Waals surface area contributed by atoms with Gasteiger partial charge >= 0.3 is 0 Å². The zero-order valence-electron chi connectivity index (χ0n) is 8.12. The monoisotopic (exact) mass is 213 g/mol. The summed E-state index contributed by atoms with van der Waals surface area (Å²) in [5.74, 6) is 0.358. The molecule has 0 spiro atoms. The third-order valence-electron chi connectivity index (χ3n) is 1.94. The third kappa shape index (κ3) is 2.96. The van der Waals surface area contributed by atoms with Crippen molar-refractivity contribution >= 4 is 23.3 Å². The van der Waals surface area contributed by atoms with Crippen LogP contribution in [-0.4, -0.2) is 16.1 Å². The van der Waals surface area contributed by atoms with Crippen LogP contribution in [0.3, 0.4) is 0 Å². The van der Waals surface area contributed by atoms with E-state index in [9.17, 15) is 4.79 Å². The number of halogens is 1. The molecule has 1 amide bonds. The Labute approximate surface area is 87.7 Å². The molecule has 0 bridgehead atoms. The van der Waals surface area contributed by atoms with Crippen LogP contribution in [0.4, 0.5) is 5.82 Å². The smallest absolute Gasteiger partial charge is 0.228 e. The number of aromatic nitrogens is 2. The summed E-state index contributed by atoms with van der Waals surface area (Å²) in [6.07, 6.45) is 0.798. The van der Waals surface area contributed by atoms with Crippen LogP contribution in [0.1, 0.15) is 20.3 Å². The van der Waals surface area contributed by atoms with Gasteiger partial charge in [0.25, 0.3) is 0 Å². The van der Waals surface area contributed by atoms with Crippen molar-refractivity contribution < 1.29 is 4.79 Å². The fraction of sp³-hybridized carbons (Fsp3) is 0.444. The molecule has 1 rings (SSSR count). The van der Waals surface area contributed by atoms with Crippen LogP contribution in [0.5, 0.6) is 0 Å². The number of carbonyl (C=O) groups is 1. The second-order valence-electron chi connectivity index (χ2n) is 3.04. The van der Waals surface area contributed by atoms with Crippen molar-refractivity contribution in [3.63, 3.8) is 0 Å². The predicted molar refractivity (Wildman–Crippen MR) is 55.1 cm³/mol. The first-order valence-electron chi connectivity index (χ1n) is 4.43. The number of nitrogens with zero attached hydrogens (tertiary/aromatic N) is 2. The molecule has 1 heterocycles. The summed E-state index contributed by atoms with van der Waals surface area (Å²) in [5, 5.41) is 10.3. The van der Waals surface area contributed by atoms with Gasteiger partial charge in [0.15, 0.2) is 11.0 Å². The van der Waals surface area contributed by atoms with E-state index in [1.165, 1.54) is 0 Å². The molecular weight excluding hydrogens is 202 g/mol. The first kappa shape index (κ1) is 10.9. The molecule has 0 aliphatic heterocycles. The molecule has 1 aromatic heterocycles. The lowest BCUT2D eigenvalue weighted by molar-refractivity contribution is -0.119. The molecule has 1 aromatic rings. The van der Waals surface area contributed by atoms with Gasteiger partial charge < -0.3 is 5.32 Å². The highest BCUT2D eigenvalue weighted by molar-refractivity contribution is 6.29. The molecule has 1 atom stereocenters. The summed E-state index contributed by atoms with van der Waals surface area (Å²) in [4.78, 5) is 11.4. The minimum absolute atomic E-state index is 0.0209. The summed E-state index contributed by atoms with van der Waals surface area (Å²) in [7, 11) is 0. The van der Waals surface area contributed by atoms with Crippen LogP contribution in [0.15, 0.2) is 12.1 Å². The molecule has 0 radical (unpaired) electrons. The maximum Gasteiger partial charge on any atom is 0.228 e. The number of hydrogen-bond donors (Lipinski definition) is 1. The minimum atomic E-state index is -0.0517. The fourth-order valence-electron chi connectivity index (χ4n) is 0.817. The zero-order valence-corrected chi connectivity index (χ0v) is 8.88. The van der Waals surface area contributed by atoms with Crippen LogP contribution in [0.25, 0.3) is 0 Å². The predicted octanol–water partition coefficient (Wildman–Crippen LogP) is 2.11. The highest BCUT2D eigenvalue weighted by atomic mass is 35.5. The molecule has 0 saturated carbocycles.